The van der Waals surface area contributed by atoms with Crippen LogP contribution in [0.25, 0.3) is 0 Å². The van der Waals surface area contributed by atoms with Gasteiger partial charge in [0, 0.05) is 6.04 Å². The number of fused-ring (bicyclic) bond motifs is 1. The molecule has 0 saturated heterocycles. The molecule has 0 spiro atoms. The number of amides is 1. The van der Waals surface area contributed by atoms with Gasteiger partial charge in [0.2, 0.25) is 5.91 Å². The van der Waals surface area contributed by atoms with E-state index < -0.39 is 0 Å². The van der Waals surface area contributed by atoms with E-state index >= 15 is 0 Å². The largest absolute Gasteiger partial charge is 0.353 e. The summed E-state index contributed by atoms with van der Waals surface area (Å²) in [6, 6.07) is 10.4. The lowest BCUT2D eigenvalue weighted by Crippen LogP contribution is -2.50. The fraction of sp³-hybridized carbons (Fsp3) is 0.533. The lowest BCUT2D eigenvalue weighted by molar-refractivity contribution is -0.122. The van der Waals surface area contributed by atoms with Crippen LogP contribution in [0.15, 0.2) is 30.3 Å². The number of benzene rings is 1. The van der Waals surface area contributed by atoms with Gasteiger partial charge < -0.3 is 5.32 Å². The SMILES string of the molecule is O=C(Cc1ccccc1)NC1CC2CCCC21. The predicted molar refractivity (Wildman–Crippen MR) is 67.5 cm³/mol. The minimum Gasteiger partial charge on any atom is -0.353 e. The van der Waals surface area contributed by atoms with Crippen molar-refractivity contribution in [2.24, 2.45) is 11.8 Å². The van der Waals surface area contributed by atoms with Gasteiger partial charge in [-0.3, -0.25) is 4.79 Å². The number of hydrogen-bond acceptors (Lipinski definition) is 1. The Labute approximate surface area is 102 Å². The van der Waals surface area contributed by atoms with Gasteiger partial charge in [0.05, 0.1) is 6.42 Å². The maximum Gasteiger partial charge on any atom is 0.224 e. The van der Waals surface area contributed by atoms with Gasteiger partial charge in [-0.1, -0.05) is 43.2 Å². The van der Waals surface area contributed by atoms with Crippen molar-refractivity contribution in [2.75, 3.05) is 0 Å². The molecule has 1 amide bonds. The molecule has 0 heterocycles. The molecule has 0 radical (unpaired) electrons. The zero-order valence-corrected chi connectivity index (χ0v) is 10.1. The fourth-order valence-corrected chi connectivity index (χ4v) is 3.40. The predicted octanol–water partition coefficient (Wildman–Crippen LogP) is 2.53. The van der Waals surface area contributed by atoms with Crippen LogP contribution in [0.3, 0.4) is 0 Å². The number of rotatable bonds is 3. The fourth-order valence-electron chi connectivity index (χ4n) is 3.40. The van der Waals surface area contributed by atoms with E-state index in [4.69, 9.17) is 0 Å². The minimum absolute atomic E-state index is 0.187. The first-order chi connectivity index (χ1) is 8.33. The summed E-state index contributed by atoms with van der Waals surface area (Å²) in [6.07, 6.45) is 5.80. The molecule has 2 heteroatoms. The molecule has 0 aliphatic heterocycles. The Bertz CT molecular complexity index is 401. The summed E-state index contributed by atoms with van der Waals surface area (Å²) in [5.41, 5.74) is 1.10. The zero-order chi connectivity index (χ0) is 11.7. The molecule has 2 aliphatic carbocycles. The van der Waals surface area contributed by atoms with E-state index in [1.54, 1.807) is 0 Å². The Morgan fingerprint density at radius 2 is 2.06 bits per heavy atom. The highest BCUT2D eigenvalue weighted by molar-refractivity contribution is 5.79. The van der Waals surface area contributed by atoms with Gasteiger partial charge in [0.25, 0.3) is 0 Å². The summed E-state index contributed by atoms with van der Waals surface area (Å²) < 4.78 is 0. The lowest BCUT2D eigenvalue weighted by Gasteiger charge is -2.41. The molecular formula is C15H19NO. The molecular weight excluding hydrogens is 210 g/mol. The molecule has 2 fully saturated rings. The molecule has 3 unspecified atom stereocenters. The number of nitrogens with one attached hydrogen (secondary N) is 1. The third-order valence-electron chi connectivity index (χ3n) is 4.35. The molecule has 1 N–H and O–H groups in total. The summed E-state index contributed by atoms with van der Waals surface area (Å²) in [5, 5.41) is 3.20. The molecule has 1 aromatic carbocycles. The second kappa shape index (κ2) is 4.52. The molecule has 2 nitrogen and oxygen atoms in total. The first kappa shape index (κ1) is 10.8. The summed E-state index contributed by atoms with van der Waals surface area (Å²) >= 11 is 0. The highest BCUT2D eigenvalue weighted by atomic mass is 16.1. The Balaban J connectivity index is 1.51. The summed E-state index contributed by atoms with van der Waals surface area (Å²) in [5.74, 6) is 1.89. The van der Waals surface area contributed by atoms with E-state index in [0.29, 0.717) is 12.5 Å². The van der Waals surface area contributed by atoms with E-state index in [9.17, 15) is 4.79 Å². The van der Waals surface area contributed by atoms with Crippen molar-refractivity contribution in [3.63, 3.8) is 0 Å². The van der Waals surface area contributed by atoms with E-state index in [-0.39, 0.29) is 5.91 Å². The summed E-state index contributed by atoms with van der Waals surface area (Å²) in [4.78, 5) is 11.9. The Hall–Kier alpha value is -1.31. The molecule has 90 valence electrons. The molecule has 1 aromatic rings. The normalized spacial score (nSPS) is 30.5. The van der Waals surface area contributed by atoms with Crippen molar-refractivity contribution in [1.82, 2.24) is 5.32 Å². The lowest BCUT2D eigenvalue weighted by atomic mass is 9.71. The zero-order valence-electron chi connectivity index (χ0n) is 10.1. The van der Waals surface area contributed by atoms with Crippen LogP contribution in [-0.2, 0) is 11.2 Å². The molecule has 0 bridgehead atoms. The third-order valence-corrected chi connectivity index (χ3v) is 4.35. The van der Waals surface area contributed by atoms with Crippen LogP contribution in [-0.4, -0.2) is 11.9 Å². The van der Waals surface area contributed by atoms with Gasteiger partial charge in [-0.25, -0.2) is 0 Å². The average Bonchev–Trinajstić information content (AvgIpc) is 2.69. The van der Waals surface area contributed by atoms with Crippen LogP contribution in [0.5, 0.6) is 0 Å². The van der Waals surface area contributed by atoms with Crippen LogP contribution in [0.2, 0.25) is 0 Å². The van der Waals surface area contributed by atoms with Crippen molar-refractivity contribution in [1.29, 1.82) is 0 Å². The number of hydrogen-bond donors (Lipinski definition) is 1. The smallest absolute Gasteiger partial charge is 0.224 e. The van der Waals surface area contributed by atoms with Crippen molar-refractivity contribution >= 4 is 5.91 Å². The Morgan fingerprint density at radius 1 is 1.24 bits per heavy atom. The molecule has 17 heavy (non-hydrogen) atoms. The highest BCUT2D eigenvalue weighted by Gasteiger charge is 2.44. The topological polar surface area (TPSA) is 29.1 Å². The summed E-state index contributed by atoms with van der Waals surface area (Å²) in [6.45, 7) is 0. The molecule has 0 aromatic heterocycles. The third kappa shape index (κ3) is 2.21. The first-order valence-electron chi connectivity index (χ1n) is 6.66. The van der Waals surface area contributed by atoms with Crippen molar-refractivity contribution in [3.05, 3.63) is 35.9 Å². The van der Waals surface area contributed by atoms with E-state index in [0.717, 1.165) is 17.4 Å². The monoisotopic (exact) mass is 229 g/mol. The van der Waals surface area contributed by atoms with Gasteiger partial charge in [0.15, 0.2) is 0 Å². The second-order valence-corrected chi connectivity index (χ2v) is 5.43. The number of carbonyl (C=O) groups excluding carboxylic acids is 1. The maximum atomic E-state index is 11.9. The molecule has 3 atom stereocenters. The van der Waals surface area contributed by atoms with Crippen molar-refractivity contribution in [3.8, 4) is 0 Å². The van der Waals surface area contributed by atoms with Gasteiger partial charge in [-0.15, -0.1) is 0 Å². The van der Waals surface area contributed by atoms with Crippen LogP contribution >= 0.6 is 0 Å². The molecule has 3 rings (SSSR count). The second-order valence-electron chi connectivity index (χ2n) is 5.43. The standard InChI is InChI=1S/C15H19NO/c17-15(9-11-5-2-1-3-6-11)16-14-10-12-7-4-8-13(12)14/h1-3,5-6,12-14H,4,7-10H2,(H,16,17). The maximum absolute atomic E-state index is 11.9. The van der Waals surface area contributed by atoms with Gasteiger partial charge in [-0.2, -0.15) is 0 Å². The van der Waals surface area contributed by atoms with Gasteiger partial charge in [0.1, 0.15) is 0 Å². The quantitative estimate of drug-likeness (QED) is 0.848. The van der Waals surface area contributed by atoms with Gasteiger partial charge in [-0.05, 0) is 30.2 Å². The molecule has 2 saturated carbocycles. The van der Waals surface area contributed by atoms with E-state index in [2.05, 4.69) is 5.32 Å². The number of carbonyl (C=O) groups is 1. The van der Waals surface area contributed by atoms with Gasteiger partial charge >= 0.3 is 0 Å². The van der Waals surface area contributed by atoms with Crippen LogP contribution in [0.1, 0.15) is 31.2 Å². The van der Waals surface area contributed by atoms with Crippen LogP contribution in [0, 0.1) is 11.8 Å². The van der Waals surface area contributed by atoms with Crippen LogP contribution < -0.4 is 5.32 Å². The Kier molecular flexibility index (Phi) is 2.87. The first-order valence-corrected chi connectivity index (χ1v) is 6.66. The van der Waals surface area contributed by atoms with E-state index in [1.165, 1.54) is 25.7 Å². The van der Waals surface area contributed by atoms with Crippen molar-refractivity contribution in [2.45, 2.75) is 38.1 Å². The minimum atomic E-state index is 0.187. The highest BCUT2D eigenvalue weighted by Crippen LogP contribution is 2.46. The van der Waals surface area contributed by atoms with Crippen molar-refractivity contribution < 1.29 is 4.79 Å². The Morgan fingerprint density at radius 3 is 2.82 bits per heavy atom. The van der Waals surface area contributed by atoms with Crippen LogP contribution in [0.4, 0.5) is 0 Å². The van der Waals surface area contributed by atoms with E-state index in [1.807, 2.05) is 30.3 Å². The summed E-state index contributed by atoms with van der Waals surface area (Å²) in [7, 11) is 0. The molecule has 2 aliphatic rings. The average molecular weight is 229 g/mol.